The number of aldehydes is 1. The zero-order chi connectivity index (χ0) is 14.0. The van der Waals surface area contributed by atoms with E-state index in [1.807, 2.05) is 30.3 Å². The molecule has 1 N–H and O–H groups in total. The zero-order valence-corrected chi connectivity index (χ0v) is 10.7. The van der Waals surface area contributed by atoms with E-state index in [0.717, 1.165) is 11.8 Å². The van der Waals surface area contributed by atoms with Crippen molar-refractivity contribution in [1.82, 2.24) is 0 Å². The molecule has 98 valence electrons. The molecule has 0 fully saturated rings. The lowest BCUT2D eigenvalue weighted by Gasteiger charge is -1.96. The van der Waals surface area contributed by atoms with Gasteiger partial charge in [-0.1, -0.05) is 18.2 Å². The molecule has 0 spiro atoms. The van der Waals surface area contributed by atoms with Crippen molar-refractivity contribution in [2.75, 3.05) is 7.11 Å². The number of ether oxygens (including phenoxy) is 1. The average molecular weight is 260 g/mol. The van der Waals surface area contributed by atoms with Crippen LogP contribution in [0.5, 0.6) is 0 Å². The maximum Gasteiger partial charge on any atom is 0.407 e. The molecule has 0 saturated carbocycles. The third kappa shape index (κ3) is 2.27. The van der Waals surface area contributed by atoms with Gasteiger partial charge in [-0.3, -0.25) is 4.79 Å². The van der Waals surface area contributed by atoms with Gasteiger partial charge in [-0.2, -0.15) is 4.58 Å². The second-order valence-electron chi connectivity index (χ2n) is 4.13. The van der Waals surface area contributed by atoms with Crippen LogP contribution in [-0.4, -0.2) is 40.8 Å². The van der Waals surface area contributed by atoms with Crippen molar-refractivity contribution in [1.29, 1.82) is 0 Å². The molecule has 0 bridgehead atoms. The van der Waals surface area contributed by atoms with Crippen LogP contribution in [0.1, 0.15) is 12.5 Å². The van der Waals surface area contributed by atoms with E-state index in [2.05, 4.69) is 4.74 Å². The molecule has 0 aliphatic carbocycles. The minimum Gasteiger partial charge on any atom is -0.506 e. The van der Waals surface area contributed by atoms with E-state index in [4.69, 9.17) is 0 Å². The van der Waals surface area contributed by atoms with Crippen LogP contribution in [0.25, 0.3) is 0 Å². The van der Waals surface area contributed by atoms with Crippen molar-refractivity contribution in [3.05, 3.63) is 47.4 Å². The van der Waals surface area contributed by atoms with E-state index in [0.29, 0.717) is 5.71 Å². The Bertz CT molecular complexity index is 583. The molecular weight excluding hydrogens is 246 g/mol. The Balaban J connectivity index is 2.48. The van der Waals surface area contributed by atoms with Gasteiger partial charge in [0, 0.05) is 12.5 Å². The van der Waals surface area contributed by atoms with E-state index in [1.165, 1.54) is 18.6 Å². The third-order valence-corrected chi connectivity index (χ3v) is 2.91. The van der Waals surface area contributed by atoms with Crippen LogP contribution in [0.15, 0.2) is 41.8 Å². The summed E-state index contributed by atoms with van der Waals surface area (Å²) in [7, 11) is 1.23. The number of allylic oxidation sites excluding steroid dienone is 1. The number of esters is 1. The summed E-state index contributed by atoms with van der Waals surface area (Å²) in [6.07, 6.45) is 0.730. The van der Waals surface area contributed by atoms with Crippen molar-refractivity contribution >= 4 is 18.0 Å². The largest absolute Gasteiger partial charge is 0.506 e. The molecular formula is C14H14NO4+. The van der Waals surface area contributed by atoms with Gasteiger partial charge >= 0.3 is 11.7 Å². The highest BCUT2D eigenvalue weighted by Crippen LogP contribution is 2.25. The van der Waals surface area contributed by atoms with Crippen molar-refractivity contribution < 1.29 is 24.0 Å². The summed E-state index contributed by atoms with van der Waals surface area (Å²) in [5, 5.41) is 9.61. The number of carbonyl (C=O) groups is 2. The summed E-state index contributed by atoms with van der Waals surface area (Å²) >= 11 is 0. The van der Waals surface area contributed by atoms with Gasteiger partial charge in [-0.15, -0.1) is 0 Å². The number of hydrogen-bond donors (Lipinski definition) is 1. The van der Waals surface area contributed by atoms with Gasteiger partial charge in [-0.05, 0) is 12.1 Å². The predicted molar refractivity (Wildman–Crippen MR) is 68.0 cm³/mol. The number of aliphatic hydroxyl groups excluding tert-OH is 1. The number of rotatable bonds is 4. The number of aliphatic hydroxyl groups is 1. The fraction of sp³-hybridized carbons (Fsp3) is 0.214. The maximum atomic E-state index is 11.7. The molecule has 1 heterocycles. The summed E-state index contributed by atoms with van der Waals surface area (Å²) in [5.41, 5.74) is 1.52. The normalized spacial score (nSPS) is 18.7. The Kier molecular flexibility index (Phi) is 3.46. The molecule has 19 heavy (non-hydrogen) atoms. The quantitative estimate of drug-likeness (QED) is 0.289. The molecule has 1 aromatic rings. The second kappa shape index (κ2) is 5.06. The lowest BCUT2D eigenvalue weighted by atomic mass is 10.1. The number of benzene rings is 1. The first-order valence-corrected chi connectivity index (χ1v) is 5.76. The van der Waals surface area contributed by atoms with E-state index in [-0.39, 0.29) is 11.5 Å². The molecule has 1 unspecified atom stereocenters. The Morgan fingerprint density at radius 2 is 2.00 bits per heavy atom. The SMILES string of the molecule is COC(=O)/C(=C(\C)O)[N+]1=C(c2ccccc2)C1C=O. The lowest BCUT2D eigenvalue weighted by Crippen LogP contribution is -2.16. The molecule has 0 radical (unpaired) electrons. The van der Waals surface area contributed by atoms with Gasteiger partial charge in [0.05, 0.1) is 7.11 Å². The van der Waals surface area contributed by atoms with E-state index in [1.54, 1.807) is 0 Å². The van der Waals surface area contributed by atoms with Gasteiger partial charge in [0.2, 0.25) is 0 Å². The fourth-order valence-corrected chi connectivity index (χ4v) is 2.03. The zero-order valence-electron chi connectivity index (χ0n) is 10.7. The summed E-state index contributed by atoms with van der Waals surface area (Å²) in [6, 6.07) is 8.70. The Morgan fingerprint density at radius 3 is 2.47 bits per heavy atom. The van der Waals surface area contributed by atoms with Gasteiger partial charge in [0.25, 0.3) is 11.8 Å². The van der Waals surface area contributed by atoms with E-state index < -0.39 is 12.0 Å². The standard InChI is InChI=1S/C14H13NO4/c1-9(17)12(14(18)19-2)15-11(8-16)13(15)10-6-4-3-5-7-10/h3-8,11H,1-2H3/p+1. The average Bonchev–Trinajstić information content (AvgIpc) is 3.13. The van der Waals surface area contributed by atoms with E-state index >= 15 is 0 Å². The molecule has 1 aromatic carbocycles. The Hall–Kier alpha value is -2.43. The Labute approximate surface area is 110 Å². The van der Waals surface area contributed by atoms with Crippen LogP contribution in [0, 0.1) is 0 Å². The second-order valence-corrected chi connectivity index (χ2v) is 4.13. The Morgan fingerprint density at radius 1 is 1.37 bits per heavy atom. The van der Waals surface area contributed by atoms with Crippen LogP contribution in [0.3, 0.4) is 0 Å². The van der Waals surface area contributed by atoms with Crippen LogP contribution in [-0.2, 0) is 14.3 Å². The molecule has 5 nitrogen and oxygen atoms in total. The highest BCUT2D eigenvalue weighted by Gasteiger charge is 2.55. The predicted octanol–water partition coefficient (Wildman–Crippen LogP) is 1.03. The molecule has 0 aromatic heterocycles. The molecule has 1 aliphatic rings. The number of carbonyl (C=O) groups excluding carboxylic acids is 2. The topological polar surface area (TPSA) is 66.6 Å². The first-order valence-electron chi connectivity index (χ1n) is 5.76. The van der Waals surface area contributed by atoms with Gasteiger partial charge in [-0.25, -0.2) is 4.79 Å². The summed E-state index contributed by atoms with van der Waals surface area (Å²) in [6.45, 7) is 1.38. The molecule has 0 amide bonds. The van der Waals surface area contributed by atoms with Crippen LogP contribution >= 0.6 is 0 Å². The summed E-state index contributed by atoms with van der Waals surface area (Å²) < 4.78 is 6.10. The molecule has 5 heteroatoms. The molecule has 1 aliphatic heterocycles. The van der Waals surface area contributed by atoms with Gasteiger partial charge < -0.3 is 9.84 Å². The van der Waals surface area contributed by atoms with Crippen molar-refractivity contribution in [3.63, 3.8) is 0 Å². The fourth-order valence-electron chi connectivity index (χ4n) is 2.03. The third-order valence-electron chi connectivity index (χ3n) is 2.91. The van der Waals surface area contributed by atoms with Gasteiger partial charge in [0.1, 0.15) is 0 Å². The number of methoxy groups -OCH3 is 1. The first-order chi connectivity index (χ1) is 9.11. The highest BCUT2D eigenvalue weighted by molar-refractivity contribution is 6.15. The van der Waals surface area contributed by atoms with Crippen LogP contribution < -0.4 is 0 Å². The van der Waals surface area contributed by atoms with E-state index in [9.17, 15) is 14.7 Å². The molecule has 0 saturated heterocycles. The van der Waals surface area contributed by atoms with Crippen molar-refractivity contribution in [2.45, 2.75) is 13.0 Å². The minimum absolute atomic E-state index is 0.00143. The van der Waals surface area contributed by atoms with Gasteiger partial charge in [0.15, 0.2) is 12.0 Å². The smallest absolute Gasteiger partial charge is 0.407 e. The van der Waals surface area contributed by atoms with Crippen molar-refractivity contribution in [3.8, 4) is 0 Å². The maximum absolute atomic E-state index is 11.7. The monoisotopic (exact) mass is 260 g/mol. The summed E-state index contributed by atoms with van der Waals surface area (Å²) in [4.78, 5) is 22.7. The molecule has 2 rings (SSSR count). The first kappa shape index (κ1) is 13.0. The minimum atomic E-state index is -0.669. The summed E-state index contributed by atoms with van der Waals surface area (Å²) in [5.74, 6) is -0.845. The lowest BCUT2D eigenvalue weighted by molar-refractivity contribution is -0.403. The number of nitrogens with zero attached hydrogens (tertiary/aromatic N) is 1. The van der Waals surface area contributed by atoms with Crippen LogP contribution in [0.2, 0.25) is 0 Å². The molecule has 1 atom stereocenters. The number of hydrogen-bond acceptors (Lipinski definition) is 4. The van der Waals surface area contributed by atoms with Crippen molar-refractivity contribution in [2.24, 2.45) is 0 Å². The highest BCUT2D eigenvalue weighted by atomic mass is 16.5. The van der Waals surface area contributed by atoms with Crippen LogP contribution in [0.4, 0.5) is 0 Å².